The lowest BCUT2D eigenvalue weighted by Crippen LogP contribution is -2.36. The Morgan fingerprint density at radius 1 is 0.931 bits per heavy atom. The number of aromatic nitrogens is 2. The van der Waals surface area contributed by atoms with Crippen molar-refractivity contribution in [3.63, 3.8) is 0 Å². The summed E-state index contributed by atoms with van der Waals surface area (Å²) >= 11 is 0. The number of amides is 2. The average molecular weight is 390 g/mol. The number of carbonyl (C=O) groups is 2. The van der Waals surface area contributed by atoms with E-state index < -0.39 is 0 Å². The summed E-state index contributed by atoms with van der Waals surface area (Å²) in [6.45, 7) is 8.08. The molecule has 2 amide bonds. The first kappa shape index (κ1) is 20.3. The molecule has 1 aromatic heterocycles. The highest BCUT2D eigenvalue weighted by atomic mass is 16.2. The van der Waals surface area contributed by atoms with Crippen LogP contribution in [0.5, 0.6) is 0 Å². The van der Waals surface area contributed by atoms with Crippen LogP contribution in [0.3, 0.4) is 0 Å². The molecular formula is C23H26N4O2. The van der Waals surface area contributed by atoms with E-state index in [-0.39, 0.29) is 18.4 Å². The van der Waals surface area contributed by atoms with Crippen LogP contribution in [-0.2, 0) is 11.3 Å². The van der Waals surface area contributed by atoms with Gasteiger partial charge in [0.25, 0.3) is 5.91 Å². The SMILES string of the molecule is Cc1cc(C)cc(C(=O)NCC(=O)NCc2c(C)nn(-c3ccccc3)c2C)c1. The predicted octanol–water partition coefficient (Wildman–Crippen LogP) is 3.15. The van der Waals surface area contributed by atoms with Gasteiger partial charge in [0.1, 0.15) is 0 Å². The second-order valence-electron chi connectivity index (χ2n) is 7.23. The van der Waals surface area contributed by atoms with E-state index in [1.54, 1.807) is 0 Å². The predicted molar refractivity (Wildman–Crippen MR) is 113 cm³/mol. The molecule has 3 rings (SSSR count). The molecule has 1 heterocycles. The average Bonchev–Trinajstić information content (AvgIpc) is 2.98. The smallest absolute Gasteiger partial charge is 0.251 e. The third-order valence-electron chi connectivity index (χ3n) is 4.80. The van der Waals surface area contributed by atoms with Gasteiger partial charge in [-0.05, 0) is 52.0 Å². The maximum atomic E-state index is 12.3. The number of aryl methyl sites for hydroxylation is 3. The van der Waals surface area contributed by atoms with Gasteiger partial charge < -0.3 is 10.6 Å². The zero-order valence-corrected chi connectivity index (χ0v) is 17.2. The van der Waals surface area contributed by atoms with Crippen molar-refractivity contribution in [1.82, 2.24) is 20.4 Å². The number of hydrogen-bond acceptors (Lipinski definition) is 3. The van der Waals surface area contributed by atoms with E-state index in [2.05, 4.69) is 15.7 Å². The van der Waals surface area contributed by atoms with Crippen molar-refractivity contribution in [1.29, 1.82) is 0 Å². The van der Waals surface area contributed by atoms with Crippen LogP contribution in [0.15, 0.2) is 48.5 Å². The van der Waals surface area contributed by atoms with E-state index in [0.717, 1.165) is 33.8 Å². The summed E-state index contributed by atoms with van der Waals surface area (Å²) in [6.07, 6.45) is 0. The third-order valence-corrected chi connectivity index (χ3v) is 4.80. The summed E-state index contributed by atoms with van der Waals surface area (Å²) in [5.74, 6) is -0.495. The molecular weight excluding hydrogens is 364 g/mol. The molecule has 0 radical (unpaired) electrons. The molecule has 0 fully saturated rings. The lowest BCUT2D eigenvalue weighted by atomic mass is 10.1. The van der Waals surface area contributed by atoms with Crippen LogP contribution in [0.4, 0.5) is 0 Å². The third kappa shape index (κ3) is 4.90. The number of benzene rings is 2. The molecule has 2 N–H and O–H groups in total. The number of carbonyl (C=O) groups excluding carboxylic acids is 2. The largest absolute Gasteiger partial charge is 0.350 e. The van der Waals surface area contributed by atoms with Gasteiger partial charge in [-0.2, -0.15) is 5.10 Å². The van der Waals surface area contributed by atoms with Crippen LogP contribution in [0.2, 0.25) is 0 Å². The number of nitrogens with one attached hydrogen (secondary N) is 2. The second kappa shape index (κ2) is 8.73. The van der Waals surface area contributed by atoms with Gasteiger partial charge in [0, 0.05) is 23.4 Å². The highest BCUT2D eigenvalue weighted by Gasteiger charge is 2.14. The standard InChI is InChI=1S/C23H26N4O2/c1-15-10-16(2)12-19(11-15)23(29)25-14-22(28)24-13-21-17(3)26-27(18(21)4)20-8-6-5-7-9-20/h5-12H,13-14H2,1-4H3,(H,24,28)(H,25,29). The van der Waals surface area contributed by atoms with Gasteiger partial charge in [0.15, 0.2) is 0 Å². The number of hydrogen-bond donors (Lipinski definition) is 2. The zero-order valence-electron chi connectivity index (χ0n) is 17.2. The Morgan fingerprint density at radius 3 is 2.24 bits per heavy atom. The van der Waals surface area contributed by atoms with Gasteiger partial charge in [-0.25, -0.2) is 4.68 Å². The van der Waals surface area contributed by atoms with Crippen molar-refractivity contribution in [2.24, 2.45) is 0 Å². The van der Waals surface area contributed by atoms with Gasteiger partial charge in [0.2, 0.25) is 5.91 Å². The van der Waals surface area contributed by atoms with Crippen LogP contribution in [0, 0.1) is 27.7 Å². The number of rotatable bonds is 6. The molecule has 0 aliphatic heterocycles. The quantitative estimate of drug-likeness (QED) is 0.679. The molecule has 0 unspecified atom stereocenters. The van der Waals surface area contributed by atoms with Gasteiger partial charge in [-0.3, -0.25) is 9.59 Å². The Kier molecular flexibility index (Phi) is 6.12. The topological polar surface area (TPSA) is 76.0 Å². The molecule has 3 aromatic rings. The lowest BCUT2D eigenvalue weighted by molar-refractivity contribution is -0.120. The summed E-state index contributed by atoms with van der Waals surface area (Å²) in [6, 6.07) is 15.5. The monoisotopic (exact) mass is 390 g/mol. The molecule has 0 saturated carbocycles. The highest BCUT2D eigenvalue weighted by Crippen LogP contribution is 2.17. The molecule has 6 nitrogen and oxygen atoms in total. The van der Waals surface area contributed by atoms with E-state index in [4.69, 9.17) is 0 Å². The van der Waals surface area contributed by atoms with Crippen molar-refractivity contribution in [2.75, 3.05) is 6.54 Å². The maximum Gasteiger partial charge on any atom is 0.251 e. The van der Waals surface area contributed by atoms with Crippen LogP contribution in [0.25, 0.3) is 5.69 Å². The fourth-order valence-electron chi connectivity index (χ4n) is 3.37. The highest BCUT2D eigenvalue weighted by molar-refractivity contribution is 5.96. The molecule has 2 aromatic carbocycles. The summed E-state index contributed by atoms with van der Waals surface area (Å²) in [4.78, 5) is 24.5. The van der Waals surface area contributed by atoms with E-state index in [9.17, 15) is 9.59 Å². The molecule has 0 aliphatic rings. The van der Waals surface area contributed by atoms with Crippen LogP contribution < -0.4 is 10.6 Å². The normalized spacial score (nSPS) is 10.6. The van der Waals surface area contributed by atoms with Gasteiger partial charge in [-0.1, -0.05) is 35.4 Å². The van der Waals surface area contributed by atoms with Crippen LogP contribution in [-0.4, -0.2) is 28.1 Å². The molecule has 6 heteroatoms. The minimum atomic E-state index is -0.254. The zero-order chi connectivity index (χ0) is 21.0. The minimum Gasteiger partial charge on any atom is -0.350 e. The summed E-state index contributed by atoms with van der Waals surface area (Å²) in [5.41, 5.74) is 6.39. The molecule has 150 valence electrons. The van der Waals surface area contributed by atoms with Gasteiger partial charge in [0.05, 0.1) is 17.9 Å². The first-order valence-corrected chi connectivity index (χ1v) is 9.59. The van der Waals surface area contributed by atoms with Crippen LogP contribution >= 0.6 is 0 Å². The van der Waals surface area contributed by atoms with Crippen molar-refractivity contribution in [2.45, 2.75) is 34.2 Å². The first-order valence-electron chi connectivity index (χ1n) is 9.59. The summed E-state index contributed by atoms with van der Waals surface area (Å²) in [7, 11) is 0. The van der Waals surface area contributed by atoms with Gasteiger partial charge >= 0.3 is 0 Å². The van der Waals surface area contributed by atoms with Crippen molar-refractivity contribution < 1.29 is 9.59 Å². The van der Waals surface area contributed by atoms with Crippen molar-refractivity contribution >= 4 is 11.8 Å². The molecule has 0 aliphatic carbocycles. The Morgan fingerprint density at radius 2 is 1.59 bits per heavy atom. The number of nitrogens with zero attached hydrogens (tertiary/aromatic N) is 2. The fourth-order valence-corrected chi connectivity index (χ4v) is 3.37. The molecule has 0 atom stereocenters. The van der Waals surface area contributed by atoms with E-state index in [1.807, 2.05) is 80.9 Å². The Hall–Kier alpha value is -3.41. The first-order chi connectivity index (χ1) is 13.8. The fraction of sp³-hybridized carbons (Fsp3) is 0.261. The Labute approximate surface area is 170 Å². The maximum absolute atomic E-state index is 12.3. The summed E-state index contributed by atoms with van der Waals surface area (Å²) in [5, 5.41) is 10.1. The minimum absolute atomic E-state index is 0.0727. The second-order valence-corrected chi connectivity index (χ2v) is 7.23. The summed E-state index contributed by atoms with van der Waals surface area (Å²) < 4.78 is 1.87. The molecule has 29 heavy (non-hydrogen) atoms. The van der Waals surface area contributed by atoms with E-state index in [1.165, 1.54) is 0 Å². The van der Waals surface area contributed by atoms with E-state index >= 15 is 0 Å². The molecule has 0 saturated heterocycles. The van der Waals surface area contributed by atoms with Gasteiger partial charge in [-0.15, -0.1) is 0 Å². The van der Waals surface area contributed by atoms with Crippen molar-refractivity contribution in [3.8, 4) is 5.69 Å². The molecule has 0 spiro atoms. The Bertz CT molecular complexity index is 1020. The Balaban J connectivity index is 1.58. The van der Waals surface area contributed by atoms with Crippen molar-refractivity contribution in [3.05, 3.63) is 82.2 Å². The van der Waals surface area contributed by atoms with Crippen LogP contribution in [0.1, 0.15) is 38.4 Å². The number of para-hydroxylation sites is 1. The lowest BCUT2D eigenvalue weighted by Gasteiger charge is -2.09. The van der Waals surface area contributed by atoms with E-state index in [0.29, 0.717) is 12.1 Å². The molecule has 0 bridgehead atoms.